The quantitative estimate of drug-likeness (QED) is 0.474. The summed E-state index contributed by atoms with van der Waals surface area (Å²) in [6.45, 7) is 2.86. The van der Waals surface area contributed by atoms with E-state index in [1.54, 1.807) is 0 Å². The van der Waals surface area contributed by atoms with Gasteiger partial charge in [-0.2, -0.15) is 13.2 Å². The average Bonchev–Trinajstić information content (AvgIpc) is 3.08. The molecule has 2 aromatic rings. The van der Waals surface area contributed by atoms with Gasteiger partial charge >= 0.3 is 18.2 Å². The Balaban J connectivity index is 1.67. The molecule has 0 fully saturated rings. The second-order valence-corrected chi connectivity index (χ2v) is 9.11. The van der Waals surface area contributed by atoms with Gasteiger partial charge in [-0.15, -0.1) is 0 Å². The van der Waals surface area contributed by atoms with Crippen molar-refractivity contribution in [1.29, 1.82) is 0 Å². The number of carbonyl (C=O) groups is 3. The van der Waals surface area contributed by atoms with E-state index in [1.165, 1.54) is 13.8 Å². The molecule has 1 unspecified atom stereocenters. The average molecular weight is 492 g/mol. The molecule has 0 heterocycles. The molecule has 0 radical (unpaired) electrons. The van der Waals surface area contributed by atoms with Crippen molar-refractivity contribution in [2.24, 2.45) is 0 Å². The molecular weight excluding hydrogens is 465 g/mol. The third-order valence-corrected chi connectivity index (χ3v) is 5.81. The van der Waals surface area contributed by atoms with Crippen LogP contribution in [0.3, 0.4) is 0 Å². The van der Waals surface area contributed by atoms with Gasteiger partial charge in [0, 0.05) is 17.9 Å². The Labute approximate surface area is 200 Å². The summed E-state index contributed by atoms with van der Waals surface area (Å²) in [5.74, 6) is -2.47. The smallest absolute Gasteiger partial charge is 0.407 e. The molecule has 188 valence electrons. The molecule has 0 saturated heterocycles. The minimum atomic E-state index is -4.73. The number of alkyl carbamates (subject to hydrolysis) is 1. The van der Waals surface area contributed by atoms with Gasteiger partial charge in [-0.3, -0.25) is 9.59 Å². The molecule has 0 aliphatic heterocycles. The summed E-state index contributed by atoms with van der Waals surface area (Å²) < 4.78 is 44.6. The third-order valence-electron chi connectivity index (χ3n) is 5.81. The van der Waals surface area contributed by atoms with Crippen LogP contribution in [-0.2, 0) is 14.3 Å². The highest BCUT2D eigenvalue weighted by Crippen LogP contribution is 2.44. The SMILES string of the molecule is CC(C)(CCC(=O)O)NC(=O)C(CC(F)(F)F)NC(=O)OCC1c2ccccc2-c2ccccc21. The number of ether oxygens (including phenoxy) is 1. The fourth-order valence-corrected chi connectivity index (χ4v) is 4.13. The van der Waals surface area contributed by atoms with Crippen molar-refractivity contribution in [1.82, 2.24) is 10.6 Å². The van der Waals surface area contributed by atoms with Crippen LogP contribution in [0, 0.1) is 0 Å². The van der Waals surface area contributed by atoms with Gasteiger partial charge in [-0.1, -0.05) is 48.5 Å². The fourth-order valence-electron chi connectivity index (χ4n) is 4.13. The van der Waals surface area contributed by atoms with Crippen LogP contribution in [0.4, 0.5) is 18.0 Å². The molecule has 0 spiro atoms. The van der Waals surface area contributed by atoms with E-state index in [-0.39, 0.29) is 25.4 Å². The van der Waals surface area contributed by atoms with E-state index in [0.717, 1.165) is 22.3 Å². The molecule has 7 nitrogen and oxygen atoms in total. The summed E-state index contributed by atoms with van der Waals surface area (Å²) in [5, 5.41) is 13.2. The fraction of sp³-hybridized carbons (Fsp3) is 0.400. The van der Waals surface area contributed by atoms with E-state index in [0.29, 0.717) is 0 Å². The monoisotopic (exact) mass is 492 g/mol. The zero-order valence-electron chi connectivity index (χ0n) is 19.3. The van der Waals surface area contributed by atoms with Crippen molar-refractivity contribution < 1.29 is 37.4 Å². The van der Waals surface area contributed by atoms with Crippen LogP contribution >= 0.6 is 0 Å². The van der Waals surface area contributed by atoms with Gasteiger partial charge in [0.1, 0.15) is 12.6 Å². The first-order chi connectivity index (χ1) is 16.4. The second-order valence-electron chi connectivity index (χ2n) is 9.11. The summed E-state index contributed by atoms with van der Waals surface area (Å²) in [4.78, 5) is 35.8. The molecule has 0 bridgehead atoms. The molecule has 1 aliphatic carbocycles. The van der Waals surface area contributed by atoms with Crippen molar-refractivity contribution in [2.45, 2.75) is 56.8 Å². The summed E-state index contributed by atoms with van der Waals surface area (Å²) >= 11 is 0. The maximum Gasteiger partial charge on any atom is 0.407 e. The Bertz CT molecular complexity index is 1060. The van der Waals surface area contributed by atoms with Crippen molar-refractivity contribution in [3.8, 4) is 11.1 Å². The summed E-state index contributed by atoms with van der Waals surface area (Å²) in [7, 11) is 0. The number of amides is 2. The number of halogens is 3. The second kappa shape index (κ2) is 10.4. The van der Waals surface area contributed by atoms with E-state index in [4.69, 9.17) is 9.84 Å². The molecule has 3 N–H and O–H groups in total. The first-order valence-corrected chi connectivity index (χ1v) is 11.1. The molecule has 2 aromatic carbocycles. The van der Waals surface area contributed by atoms with Crippen LogP contribution in [0.5, 0.6) is 0 Å². The van der Waals surface area contributed by atoms with E-state index >= 15 is 0 Å². The largest absolute Gasteiger partial charge is 0.481 e. The predicted molar refractivity (Wildman–Crippen MR) is 122 cm³/mol. The molecule has 0 saturated carbocycles. The van der Waals surface area contributed by atoms with Crippen LogP contribution in [-0.4, -0.2) is 47.4 Å². The molecule has 3 rings (SSSR count). The van der Waals surface area contributed by atoms with Crippen LogP contribution in [0.15, 0.2) is 48.5 Å². The lowest BCUT2D eigenvalue weighted by Crippen LogP contribution is -2.54. The first kappa shape index (κ1) is 26.1. The number of rotatable bonds is 9. The number of nitrogens with one attached hydrogen (secondary N) is 2. The number of alkyl halides is 3. The number of aliphatic carboxylic acids is 1. The molecular formula is C25H27F3N2O5. The maximum atomic E-state index is 13.1. The van der Waals surface area contributed by atoms with Crippen molar-refractivity contribution in [3.05, 3.63) is 59.7 Å². The number of fused-ring (bicyclic) bond motifs is 3. The van der Waals surface area contributed by atoms with Gasteiger partial charge in [0.25, 0.3) is 0 Å². The Morgan fingerprint density at radius 2 is 1.54 bits per heavy atom. The van der Waals surface area contributed by atoms with Gasteiger partial charge in [0.2, 0.25) is 5.91 Å². The number of carboxylic acid groups (broad SMARTS) is 1. The van der Waals surface area contributed by atoms with E-state index in [9.17, 15) is 27.6 Å². The highest BCUT2D eigenvalue weighted by atomic mass is 19.4. The summed E-state index contributed by atoms with van der Waals surface area (Å²) in [6.07, 6.45) is -7.77. The summed E-state index contributed by atoms with van der Waals surface area (Å²) in [5.41, 5.74) is 2.77. The highest BCUT2D eigenvalue weighted by Gasteiger charge is 2.38. The highest BCUT2D eigenvalue weighted by molar-refractivity contribution is 5.86. The molecule has 1 aliphatic rings. The van der Waals surface area contributed by atoms with Crippen LogP contribution < -0.4 is 10.6 Å². The zero-order valence-corrected chi connectivity index (χ0v) is 19.3. The molecule has 1 atom stereocenters. The Kier molecular flexibility index (Phi) is 7.72. The van der Waals surface area contributed by atoms with Crippen LogP contribution in [0.2, 0.25) is 0 Å². The lowest BCUT2D eigenvalue weighted by molar-refractivity contribution is -0.149. The van der Waals surface area contributed by atoms with Gasteiger partial charge in [-0.05, 0) is 42.5 Å². The number of carbonyl (C=O) groups excluding carboxylic acids is 2. The molecule has 35 heavy (non-hydrogen) atoms. The topological polar surface area (TPSA) is 105 Å². The van der Waals surface area contributed by atoms with Crippen molar-refractivity contribution >= 4 is 18.0 Å². The predicted octanol–water partition coefficient (Wildman–Crippen LogP) is 4.61. The standard InChI is InChI=1S/C25H27F3N2O5/c1-24(2,12-11-21(31)32)30-22(33)20(13-25(26,27)28)29-23(34)35-14-19-17-9-5-3-7-15(17)16-8-4-6-10-18(16)19/h3-10,19-20H,11-14H2,1-2H3,(H,29,34)(H,30,33)(H,31,32). The Morgan fingerprint density at radius 3 is 2.06 bits per heavy atom. The third kappa shape index (κ3) is 6.97. The van der Waals surface area contributed by atoms with Gasteiger partial charge in [0.05, 0.1) is 6.42 Å². The van der Waals surface area contributed by atoms with Crippen molar-refractivity contribution in [3.63, 3.8) is 0 Å². The normalized spacial score (nSPS) is 14.0. The Morgan fingerprint density at radius 1 is 1.00 bits per heavy atom. The van der Waals surface area contributed by atoms with Gasteiger partial charge < -0.3 is 20.5 Å². The minimum Gasteiger partial charge on any atom is -0.481 e. The molecule has 0 aromatic heterocycles. The van der Waals surface area contributed by atoms with E-state index < -0.39 is 42.1 Å². The molecule has 10 heteroatoms. The minimum absolute atomic E-state index is 0.00223. The summed E-state index contributed by atoms with van der Waals surface area (Å²) in [6, 6.07) is 13.3. The lowest BCUT2D eigenvalue weighted by atomic mass is 9.97. The van der Waals surface area contributed by atoms with Crippen LogP contribution in [0.25, 0.3) is 11.1 Å². The van der Waals surface area contributed by atoms with E-state index in [1.807, 2.05) is 53.8 Å². The zero-order chi connectivity index (χ0) is 25.8. The molecule has 2 amide bonds. The number of benzene rings is 2. The number of hydrogen-bond donors (Lipinski definition) is 3. The van der Waals surface area contributed by atoms with Gasteiger partial charge in [0.15, 0.2) is 0 Å². The van der Waals surface area contributed by atoms with E-state index in [2.05, 4.69) is 5.32 Å². The lowest BCUT2D eigenvalue weighted by Gasteiger charge is -2.29. The number of carboxylic acids is 1. The maximum absolute atomic E-state index is 13.1. The van der Waals surface area contributed by atoms with Crippen LogP contribution in [0.1, 0.15) is 50.2 Å². The number of hydrogen-bond acceptors (Lipinski definition) is 4. The van der Waals surface area contributed by atoms with Gasteiger partial charge in [-0.25, -0.2) is 4.79 Å². The van der Waals surface area contributed by atoms with Crippen molar-refractivity contribution in [2.75, 3.05) is 6.61 Å². The first-order valence-electron chi connectivity index (χ1n) is 11.1. The Hall–Kier alpha value is -3.56.